The summed E-state index contributed by atoms with van der Waals surface area (Å²) in [6, 6.07) is 14.7. The molecule has 0 amide bonds. The van der Waals surface area contributed by atoms with Gasteiger partial charge in [0.25, 0.3) is 0 Å². The van der Waals surface area contributed by atoms with Gasteiger partial charge in [-0.2, -0.15) is 5.10 Å². The molecule has 4 aromatic rings. The van der Waals surface area contributed by atoms with Crippen molar-refractivity contribution in [3.63, 3.8) is 0 Å². The van der Waals surface area contributed by atoms with Gasteiger partial charge in [-0.05, 0) is 53.7 Å². The number of benzene rings is 2. The summed E-state index contributed by atoms with van der Waals surface area (Å²) < 4.78 is 13.6. The van der Waals surface area contributed by atoms with Gasteiger partial charge in [0.2, 0.25) is 4.77 Å². The molecule has 164 valence electrons. The molecule has 10 heteroatoms. The van der Waals surface area contributed by atoms with Gasteiger partial charge in [-0.15, -0.1) is 0 Å². The van der Waals surface area contributed by atoms with Crippen molar-refractivity contribution < 1.29 is 9.47 Å². The summed E-state index contributed by atoms with van der Waals surface area (Å²) in [5.41, 5.74) is 5.92. The predicted octanol–water partition coefficient (Wildman–Crippen LogP) is 5.64. The number of nitrogens with zero attached hydrogens (tertiary/aromatic N) is 3. The van der Waals surface area contributed by atoms with Crippen LogP contribution in [-0.2, 0) is 13.2 Å². The van der Waals surface area contributed by atoms with Crippen molar-refractivity contribution in [2.24, 2.45) is 0 Å². The molecule has 0 unspecified atom stereocenters. The summed E-state index contributed by atoms with van der Waals surface area (Å²) >= 11 is 17.8. The van der Waals surface area contributed by atoms with Gasteiger partial charge in [0, 0.05) is 34.1 Å². The highest BCUT2D eigenvalue weighted by molar-refractivity contribution is 7.71. The quantitative estimate of drug-likeness (QED) is 0.313. The lowest BCUT2D eigenvalue weighted by Crippen LogP contribution is -2.16. The van der Waals surface area contributed by atoms with Crippen LogP contribution in [0.5, 0.6) is 11.5 Å². The highest BCUT2D eigenvalue weighted by atomic mass is 35.5. The Morgan fingerprint density at radius 2 is 1.81 bits per heavy atom. The van der Waals surface area contributed by atoms with Crippen molar-refractivity contribution in [2.75, 3.05) is 12.5 Å². The van der Waals surface area contributed by atoms with Crippen LogP contribution in [0.2, 0.25) is 10.0 Å². The van der Waals surface area contributed by atoms with Crippen LogP contribution in [0.15, 0.2) is 60.9 Å². The normalized spacial score (nSPS) is 10.7. The third-order valence-corrected chi connectivity index (χ3v) is 5.56. The monoisotopic (exact) mass is 487 g/mol. The van der Waals surface area contributed by atoms with Gasteiger partial charge >= 0.3 is 0 Å². The number of aromatic nitrogens is 4. The lowest BCUT2D eigenvalue weighted by atomic mass is 10.2. The Morgan fingerprint density at radius 3 is 2.53 bits per heavy atom. The molecule has 0 fully saturated rings. The first-order valence-electron chi connectivity index (χ1n) is 9.60. The zero-order valence-electron chi connectivity index (χ0n) is 17.0. The van der Waals surface area contributed by atoms with E-state index in [0.717, 1.165) is 16.7 Å². The summed E-state index contributed by atoms with van der Waals surface area (Å²) in [6.45, 7) is 0.750. The summed E-state index contributed by atoms with van der Waals surface area (Å²) in [6.07, 6.45) is 3.39. The molecule has 2 N–H and O–H groups in total. The van der Waals surface area contributed by atoms with E-state index in [4.69, 9.17) is 44.9 Å². The summed E-state index contributed by atoms with van der Waals surface area (Å²) in [7, 11) is 1.59. The van der Waals surface area contributed by atoms with Crippen molar-refractivity contribution in [1.29, 1.82) is 0 Å². The standard InChI is InChI=1S/C22H19Cl2N5O2S/c1-30-19-10-16(18(24)11-20(19)31-13-14-2-4-17(23)5-3-14)12-26-29-21(27-28-22(29)32)15-6-8-25-9-7-15/h2-11,26H,12-13H2,1H3,(H,28,32). The number of pyridine rings is 1. The van der Waals surface area contributed by atoms with Crippen LogP contribution in [0.4, 0.5) is 0 Å². The van der Waals surface area contributed by atoms with Crippen molar-refractivity contribution >= 4 is 35.4 Å². The van der Waals surface area contributed by atoms with Crippen molar-refractivity contribution in [2.45, 2.75) is 13.2 Å². The maximum absolute atomic E-state index is 6.54. The number of ether oxygens (including phenoxy) is 2. The molecule has 0 aliphatic heterocycles. The van der Waals surface area contributed by atoms with Crippen LogP contribution >= 0.6 is 35.4 Å². The third-order valence-electron chi connectivity index (χ3n) is 4.68. The number of aromatic amines is 1. The molecule has 0 aliphatic rings. The van der Waals surface area contributed by atoms with E-state index in [2.05, 4.69) is 20.6 Å². The molecular formula is C22H19Cl2N5O2S. The Balaban J connectivity index is 1.51. The lowest BCUT2D eigenvalue weighted by Gasteiger charge is -2.15. The first-order chi connectivity index (χ1) is 15.5. The van der Waals surface area contributed by atoms with Gasteiger partial charge in [0.05, 0.1) is 13.7 Å². The van der Waals surface area contributed by atoms with Crippen LogP contribution in [-0.4, -0.2) is 27.0 Å². The van der Waals surface area contributed by atoms with Crippen molar-refractivity contribution in [3.8, 4) is 22.9 Å². The second kappa shape index (κ2) is 10.0. The molecule has 0 aliphatic carbocycles. The number of methoxy groups -OCH3 is 1. The molecule has 32 heavy (non-hydrogen) atoms. The van der Waals surface area contributed by atoms with Gasteiger partial charge < -0.3 is 14.9 Å². The molecule has 7 nitrogen and oxygen atoms in total. The van der Waals surface area contributed by atoms with E-state index in [1.807, 2.05) is 42.5 Å². The fourth-order valence-corrected chi connectivity index (χ4v) is 3.57. The summed E-state index contributed by atoms with van der Waals surface area (Å²) in [4.78, 5) is 4.04. The van der Waals surface area contributed by atoms with Crippen LogP contribution in [0.3, 0.4) is 0 Å². The summed E-state index contributed by atoms with van der Waals surface area (Å²) in [5.74, 6) is 1.77. The number of halogens is 2. The second-order valence-electron chi connectivity index (χ2n) is 6.77. The number of H-pyrrole nitrogens is 1. The minimum Gasteiger partial charge on any atom is -0.493 e. The number of hydrogen-bond acceptors (Lipinski definition) is 6. The van der Waals surface area contributed by atoms with Crippen LogP contribution in [0, 0.1) is 4.77 Å². The smallest absolute Gasteiger partial charge is 0.214 e. The SMILES string of the molecule is COc1cc(CNn2c(-c3ccncc3)n[nH]c2=S)c(Cl)cc1OCc1ccc(Cl)cc1. The first kappa shape index (κ1) is 22.1. The highest BCUT2D eigenvalue weighted by Gasteiger charge is 2.13. The average molecular weight is 488 g/mol. The Morgan fingerprint density at radius 1 is 1.06 bits per heavy atom. The Bertz CT molecular complexity index is 1260. The maximum atomic E-state index is 6.54. The highest BCUT2D eigenvalue weighted by Crippen LogP contribution is 2.34. The molecule has 0 radical (unpaired) electrons. The molecule has 0 bridgehead atoms. The lowest BCUT2D eigenvalue weighted by molar-refractivity contribution is 0.284. The molecule has 0 spiro atoms. The molecule has 0 saturated heterocycles. The number of rotatable bonds is 8. The van der Waals surface area contributed by atoms with E-state index < -0.39 is 0 Å². The van der Waals surface area contributed by atoms with Gasteiger partial charge in [-0.25, -0.2) is 9.77 Å². The predicted molar refractivity (Wildman–Crippen MR) is 127 cm³/mol. The maximum Gasteiger partial charge on any atom is 0.214 e. The molecular weight excluding hydrogens is 469 g/mol. The fraction of sp³-hybridized carbons (Fsp3) is 0.136. The van der Waals surface area contributed by atoms with Crippen LogP contribution in [0.1, 0.15) is 11.1 Å². The van der Waals surface area contributed by atoms with Gasteiger partial charge in [0.1, 0.15) is 6.61 Å². The minimum atomic E-state index is 0.362. The molecule has 0 saturated carbocycles. The topological polar surface area (TPSA) is 77.0 Å². The number of nitrogens with one attached hydrogen (secondary N) is 2. The number of hydrogen-bond donors (Lipinski definition) is 2. The van der Waals surface area contributed by atoms with Gasteiger partial charge in [-0.1, -0.05) is 35.3 Å². The van der Waals surface area contributed by atoms with E-state index in [1.54, 1.807) is 30.2 Å². The Kier molecular flexibility index (Phi) is 6.94. The fourth-order valence-electron chi connectivity index (χ4n) is 3.03. The third kappa shape index (κ3) is 5.04. The van der Waals surface area contributed by atoms with Crippen molar-refractivity contribution in [3.05, 3.63) is 86.9 Å². The van der Waals surface area contributed by atoms with E-state index in [9.17, 15) is 0 Å². The molecule has 2 aromatic heterocycles. The largest absolute Gasteiger partial charge is 0.493 e. The molecule has 2 aromatic carbocycles. The van der Waals surface area contributed by atoms with Crippen LogP contribution in [0.25, 0.3) is 11.4 Å². The zero-order chi connectivity index (χ0) is 22.5. The molecule has 2 heterocycles. The van der Waals surface area contributed by atoms with E-state index in [0.29, 0.717) is 45.3 Å². The van der Waals surface area contributed by atoms with Gasteiger partial charge in [0.15, 0.2) is 17.3 Å². The zero-order valence-corrected chi connectivity index (χ0v) is 19.3. The summed E-state index contributed by atoms with van der Waals surface area (Å²) in [5, 5.41) is 8.31. The van der Waals surface area contributed by atoms with Crippen LogP contribution < -0.4 is 14.9 Å². The molecule has 0 atom stereocenters. The van der Waals surface area contributed by atoms with E-state index >= 15 is 0 Å². The van der Waals surface area contributed by atoms with E-state index in [-0.39, 0.29) is 0 Å². The van der Waals surface area contributed by atoms with Gasteiger partial charge in [-0.3, -0.25) is 4.98 Å². The van der Waals surface area contributed by atoms with Crippen molar-refractivity contribution in [1.82, 2.24) is 19.9 Å². The Labute approximate surface area is 199 Å². The average Bonchev–Trinajstić information content (AvgIpc) is 3.18. The van der Waals surface area contributed by atoms with E-state index in [1.165, 1.54) is 0 Å². The molecule has 4 rings (SSSR count). The second-order valence-corrected chi connectivity index (χ2v) is 8.00. The minimum absolute atomic E-state index is 0.362. The Hall–Kier alpha value is -3.07. The first-order valence-corrected chi connectivity index (χ1v) is 10.8.